The molecule has 1 heterocycles. The molecule has 0 radical (unpaired) electrons. The number of amides is 1. The van der Waals surface area contributed by atoms with Crippen molar-refractivity contribution < 1.29 is 9.53 Å². The lowest BCUT2D eigenvalue weighted by Gasteiger charge is -2.11. The molecular weight excluding hydrogens is 202 g/mol. The second-order valence-corrected chi connectivity index (χ2v) is 4.37. The van der Waals surface area contributed by atoms with E-state index in [1.165, 1.54) is 0 Å². The Balaban J connectivity index is 2.05. The number of ether oxygens (including phenoxy) is 1. The molecule has 0 aromatic heterocycles. The number of nitrogens with one attached hydrogen (secondary N) is 1. The highest BCUT2D eigenvalue weighted by Gasteiger charge is 2.23. The summed E-state index contributed by atoms with van der Waals surface area (Å²) in [4.78, 5) is 11.8. The van der Waals surface area contributed by atoms with Crippen LogP contribution in [0.15, 0.2) is 18.2 Å². The topological polar surface area (TPSA) is 38.3 Å². The fourth-order valence-electron chi connectivity index (χ4n) is 2.05. The van der Waals surface area contributed by atoms with Gasteiger partial charge in [0.2, 0.25) is 0 Å². The van der Waals surface area contributed by atoms with E-state index in [4.69, 9.17) is 4.74 Å². The molecule has 1 aromatic carbocycles. The van der Waals surface area contributed by atoms with E-state index in [1.54, 1.807) is 0 Å². The van der Waals surface area contributed by atoms with Gasteiger partial charge in [0.15, 0.2) is 0 Å². The normalized spacial score (nSPS) is 19.8. The van der Waals surface area contributed by atoms with Crippen molar-refractivity contribution in [1.82, 2.24) is 0 Å². The van der Waals surface area contributed by atoms with Gasteiger partial charge in [-0.25, -0.2) is 0 Å². The highest BCUT2D eigenvalue weighted by Crippen LogP contribution is 2.17. The first-order chi connectivity index (χ1) is 7.65. The molecule has 1 amide bonds. The molecule has 1 aromatic rings. The average Bonchev–Trinajstić information content (AvgIpc) is 2.68. The largest absolute Gasteiger partial charge is 0.368 e. The van der Waals surface area contributed by atoms with Crippen molar-refractivity contribution in [2.45, 2.75) is 32.8 Å². The standard InChI is InChI=1S/C13H17NO2/c1-9-6-10(2)8-11(7-9)14-13(15)12-4-3-5-16-12/h6-8,12H,3-5H2,1-2H3,(H,14,15). The number of aryl methyl sites for hydroxylation is 2. The minimum absolute atomic E-state index is 0.0255. The van der Waals surface area contributed by atoms with E-state index in [9.17, 15) is 4.79 Å². The van der Waals surface area contributed by atoms with Crippen LogP contribution in [0.25, 0.3) is 0 Å². The van der Waals surface area contributed by atoms with Crippen molar-refractivity contribution in [3.8, 4) is 0 Å². The van der Waals surface area contributed by atoms with Gasteiger partial charge in [-0.2, -0.15) is 0 Å². The maximum atomic E-state index is 11.8. The minimum Gasteiger partial charge on any atom is -0.368 e. The lowest BCUT2D eigenvalue weighted by Crippen LogP contribution is -2.26. The van der Waals surface area contributed by atoms with Gasteiger partial charge >= 0.3 is 0 Å². The van der Waals surface area contributed by atoms with Crippen molar-refractivity contribution in [3.05, 3.63) is 29.3 Å². The molecule has 3 nitrogen and oxygen atoms in total. The summed E-state index contributed by atoms with van der Waals surface area (Å²) in [7, 11) is 0. The Morgan fingerprint density at radius 3 is 2.56 bits per heavy atom. The Morgan fingerprint density at radius 2 is 2.00 bits per heavy atom. The third-order valence-electron chi connectivity index (χ3n) is 2.71. The number of rotatable bonds is 2. The van der Waals surface area contributed by atoms with Crippen LogP contribution in [-0.2, 0) is 9.53 Å². The maximum Gasteiger partial charge on any atom is 0.253 e. The number of hydrogen-bond acceptors (Lipinski definition) is 2. The first-order valence-electron chi connectivity index (χ1n) is 5.66. The SMILES string of the molecule is Cc1cc(C)cc(NC(=O)C2CCCO2)c1. The summed E-state index contributed by atoms with van der Waals surface area (Å²) < 4.78 is 5.34. The van der Waals surface area contributed by atoms with Crippen LogP contribution in [0.4, 0.5) is 5.69 Å². The second-order valence-electron chi connectivity index (χ2n) is 4.37. The van der Waals surface area contributed by atoms with Gasteiger partial charge in [0.1, 0.15) is 6.10 Å². The molecule has 0 bridgehead atoms. The molecule has 2 rings (SSSR count). The molecule has 86 valence electrons. The van der Waals surface area contributed by atoms with Crippen LogP contribution in [-0.4, -0.2) is 18.6 Å². The molecule has 1 atom stereocenters. The first-order valence-corrected chi connectivity index (χ1v) is 5.66. The Hall–Kier alpha value is -1.35. The zero-order valence-corrected chi connectivity index (χ0v) is 9.75. The predicted octanol–water partition coefficient (Wildman–Crippen LogP) is 2.42. The van der Waals surface area contributed by atoms with Gasteiger partial charge in [0, 0.05) is 12.3 Å². The molecule has 16 heavy (non-hydrogen) atoms. The van der Waals surface area contributed by atoms with E-state index >= 15 is 0 Å². The van der Waals surface area contributed by atoms with Gasteiger partial charge in [-0.05, 0) is 49.9 Å². The predicted molar refractivity (Wildman–Crippen MR) is 63.5 cm³/mol. The fourth-order valence-corrected chi connectivity index (χ4v) is 2.05. The van der Waals surface area contributed by atoms with Gasteiger partial charge in [-0.3, -0.25) is 4.79 Å². The van der Waals surface area contributed by atoms with Gasteiger partial charge in [0.25, 0.3) is 5.91 Å². The van der Waals surface area contributed by atoms with Crippen LogP contribution in [0, 0.1) is 13.8 Å². The molecule has 1 aliphatic heterocycles. The van der Waals surface area contributed by atoms with Crippen LogP contribution in [0.5, 0.6) is 0 Å². The van der Waals surface area contributed by atoms with Crippen molar-refractivity contribution in [1.29, 1.82) is 0 Å². The second kappa shape index (κ2) is 4.66. The number of anilines is 1. The van der Waals surface area contributed by atoms with Crippen LogP contribution in [0.1, 0.15) is 24.0 Å². The Morgan fingerprint density at radius 1 is 1.31 bits per heavy atom. The average molecular weight is 219 g/mol. The quantitative estimate of drug-likeness (QED) is 0.829. The van der Waals surface area contributed by atoms with E-state index < -0.39 is 0 Å². The third-order valence-corrected chi connectivity index (χ3v) is 2.71. The Kier molecular flexibility index (Phi) is 3.25. The van der Waals surface area contributed by atoms with E-state index in [2.05, 4.69) is 11.4 Å². The van der Waals surface area contributed by atoms with Crippen molar-refractivity contribution in [2.75, 3.05) is 11.9 Å². The van der Waals surface area contributed by atoms with Crippen LogP contribution >= 0.6 is 0 Å². The highest BCUT2D eigenvalue weighted by molar-refractivity contribution is 5.94. The molecule has 3 heteroatoms. The molecule has 1 unspecified atom stereocenters. The minimum atomic E-state index is -0.263. The van der Waals surface area contributed by atoms with Crippen LogP contribution in [0.2, 0.25) is 0 Å². The zero-order valence-electron chi connectivity index (χ0n) is 9.75. The lowest BCUT2D eigenvalue weighted by molar-refractivity contribution is -0.124. The van der Waals surface area contributed by atoms with E-state index in [0.717, 1.165) is 29.7 Å². The third kappa shape index (κ3) is 2.61. The molecule has 0 spiro atoms. The fraction of sp³-hybridized carbons (Fsp3) is 0.462. The van der Waals surface area contributed by atoms with Gasteiger partial charge in [-0.15, -0.1) is 0 Å². The summed E-state index contributed by atoms with van der Waals surface area (Å²) in [5, 5.41) is 2.90. The molecular formula is C13H17NO2. The molecule has 0 saturated carbocycles. The van der Waals surface area contributed by atoms with E-state index in [-0.39, 0.29) is 12.0 Å². The van der Waals surface area contributed by atoms with Gasteiger partial charge in [-0.1, -0.05) is 6.07 Å². The molecule has 0 aliphatic carbocycles. The highest BCUT2D eigenvalue weighted by atomic mass is 16.5. The molecule has 1 fully saturated rings. The van der Waals surface area contributed by atoms with Crippen LogP contribution < -0.4 is 5.32 Å². The summed E-state index contributed by atoms with van der Waals surface area (Å²) in [6.45, 7) is 4.74. The monoisotopic (exact) mass is 219 g/mol. The smallest absolute Gasteiger partial charge is 0.253 e. The molecule has 1 aliphatic rings. The lowest BCUT2D eigenvalue weighted by atomic mass is 10.1. The zero-order chi connectivity index (χ0) is 11.5. The summed E-state index contributed by atoms with van der Waals surface area (Å²) in [6, 6.07) is 6.03. The van der Waals surface area contributed by atoms with E-state index in [0.29, 0.717) is 6.61 Å². The van der Waals surface area contributed by atoms with Gasteiger partial charge in [0.05, 0.1) is 0 Å². The summed E-state index contributed by atoms with van der Waals surface area (Å²) in [5.41, 5.74) is 3.17. The number of hydrogen-bond donors (Lipinski definition) is 1. The first kappa shape index (κ1) is 11.1. The van der Waals surface area contributed by atoms with Crippen molar-refractivity contribution in [2.24, 2.45) is 0 Å². The maximum absolute atomic E-state index is 11.8. The van der Waals surface area contributed by atoms with E-state index in [1.807, 2.05) is 26.0 Å². The summed E-state index contributed by atoms with van der Waals surface area (Å²) in [5.74, 6) is -0.0255. The van der Waals surface area contributed by atoms with Crippen molar-refractivity contribution >= 4 is 11.6 Å². The Labute approximate surface area is 95.8 Å². The van der Waals surface area contributed by atoms with Gasteiger partial charge < -0.3 is 10.1 Å². The number of carbonyl (C=O) groups is 1. The summed E-state index contributed by atoms with van der Waals surface area (Å²) in [6.07, 6.45) is 1.54. The number of benzene rings is 1. The Bertz CT molecular complexity index is 375. The van der Waals surface area contributed by atoms with Crippen LogP contribution in [0.3, 0.4) is 0 Å². The number of carbonyl (C=O) groups excluding carboxylic acids is 1. The molecule has 1 saturated heterocycles. The van der Waals surface area contributed by atoms with Crippen molar-refractivity contribution in [3.63, 3.8) is 0 Å². The summed E-state index contributed by atoms with van der Waals surface area (Å²) >= 11 is 0. The molecule has 1 N–H and O–H groups in total.